The van der Waals surface area contributed by atoms with Gasteiger partial charge in [0, 0.05) is 12.0 Å². The zero-order chi connectivity index (χ0) is 13.4. The van der Waals surface area contributed by atoms with Gasteiger partial charge in [-0.25, -0.2) is 0 Å². The van der Waals surface area contributed by atoms with Crippen molar-refractivity contribution < 1.29 is 4.74 Å². The standard InChI is InChI=1S/C18H19NO/c1-2-6-13(7-3-1)18-17-14(12-19-18)10-11-20-16-9-5-4-8-15(16)17/h1-9,14,17-19H,10-12H2. The number of para-hydroxylation sites is 1. The maximum Gasteiger partial charge on any atom is 0.122 e. The normalized spacial score (nSPS) is 28.1. The molecule has 102 valence electrons. The molecule has 1 saturated heterocycles. The molecule has 2 heterocycles. The molecule has 2 aliphatic rings. The molecule has 2 heteroatoms. The number of rotatable bonds is 1. The second-order valence-electron chi connectivity index (χ2n) is 5.76. The van der Waals surface area contributed by atoms with Gasteiger partial charge in [-0.1, -0.05) is 48.5 Å². The largest absolute Gasteiger partial charge is 0.493 e. The fraction of sp³-hybridized carbons (Fsp3) is 0.333. The first kappa shape index (κ1) is 12.0. The zero-order valence-electron chi connectivity index (χ0n) is 11.5. The minimum absolute atomic E-state index is 0.407. The van der Waals surface area contributed by atoms with E-state index in [1.807, 2.05) is 0 Å². The molecule has 1 fully saturated rings. The first-order valence-corrected chi connectivity index (χ1v) is 7.43. The monoisotopic (exact) mass is 265 g/mol. The van der Waals surface area contributed by atoms with Gasteiger partial charge >= 0.3 is 0 Å². The van der Waals surface area contributed by atoms with Crippen LogP contribution in [0.5, 0.6) is 5.75 Å². The van der Waals surface area contributed by atoms with Crippen LogP contribution in [0.2, 0.25) is 0 Å². The van der Waals surface area contributed by atoms with Crippen molar-refractivity contribution in [2.45, 2.75) is 18.4 Å². The minimum atomic E-state index is 0.407. The fourth-order valence-electron chi connectivity index (χ4n) is 3.71. The van der Waals surface area contributed by atoms with Crippen LogP contribution in [0.4, 0.5) is 0 Å². The average Bonchev–Trinajstić information content (AvgIpc) is 2.84. The summed E-state index contributed by atoms with van der Waals surface area (Å²) in [7, 11) is 0. The predicted octanol–water partition coefficient (Wildman–Crippen LogP) is 3.51. The van der Waals surface area contributed by atoms with E-state index in [-0.39, 0.29) is 0 Å². The minimum Gasteiger partial charge on any atom is -0.493 e. The van der Waals surface area contributed by atoms with Crippen molar-refractivity contribution >= 4 is 0 Å². The van der Waals surface area contributed by atoms with Crippen LogP contribution >= 0.6 is 0 Å². The van der Waals surface area contributed by atoms with E-state index in [4.69, 9.17) is 4.74 Å². The van der Waals surface area contributed by atoms with Gasteiger partial charge in [0.2, 0.25) is 0 Å². The number of fused-ring (bicyclic) bond motifs is 3. The summed E-state index contributed by atoms with van der Waals surface area (Å²) >= 11 is 0. The lowest BCUT2D eigenvalue weighted by Crippen LogP contribution is -2.17. The van der Waals surface area contributed by atoms with Crippen molar-refractivity contribution in [3.05, 3.63) is 65.7 Å². The molecule has 0 radical (unpaired) electrons. The molecule has 2 nitrogen and oxygen atoms in total. The summed E-state index contributed by atoms with van der Waals surface area (Å²) < 4.78 is 5.94. The Hall–Kier alpha value is -1.80. The maximum atomic E-state index is 5.94. The van der Waals surface area contributed by atoms with Crippen LogP contribution in [0.25, 0.3) is 0 Å². The topological polar surface area (TPSA) is 21.3 Å². The second kappa shape index (κ2) is 4.95. The van der Waals surface area contributed by atoms with Gasteiger partial charge < -0.3 is 10.1 Å². The highest BCUT2D eigenvalue weighted by Crippen LogP contribution is 2.47. The molecule has 0 spiro atoms. The molecule has 3 unspecified atom stereocenters. The molecule has 0 bridgehead atoms. The summed E-state index contributed by atoms with van der Waals surface area (Å²) in [4.78, 5) is 0. The van der Waals surface area contributed by atoms with Gasteiger partial charge in [0.15, 0.2) is 0 Å². The summed E-state index contributed by atoms with van der Waals surface area (Å²) in [5, 5.41) is 3.73. The molecule has 0 aromatic heterocycles. The molecule has 2 aromatic carbocycles. The van der Waals surface area contributed by atoms with E-state index in [9.17, 15) is 0 Å². The van der Waals surface area contributed by atoms with Crippen molar-refractivity contribution in [2.75, 3.05) is 13.2 Å². The van der Waals surface area contributed by atoms with E-state index in [1.165, 1.54) is 11.1 Å². The predicted molar refractivity (Wildman–Crippen MR) is 80.0 cm³/mol. The van der Waals surface area contributed by atoms with Crippen LogP contribution in [0.1, 0.15) is 29.5 Å². The second-order valence-corrected chi connectivity index (χ2v) is 5.76. The maximum absolute atomic E-state index is 5.94. The van der Waals surface area contributed by atoms with Gasteiger partial charge in [0.1, 0.15) is 5.75 Å². The van der Waals surface area contributed by atoms with Crippen molar-refractivity contribution in [1.29, 1.82) is 0 Å². The van der Waals surface area contributed by atoms with Crippen molar-refractivity contribution in [3.8, 4) is 5.75 Å². The van der Waals surface area contributed by atoms with E-state index in [0.29, 0.717) is 17.9 Å². The summed E-state index contributed by atoms with van der Waals surface area (Å²) in [6.45, 7) is 1.92. The van der Waals surface area contributed by atoms with Gasteiger partial charge in [0.05, 0.1) is 6.61 Å². The molecule has 2 aromatic rings. The number of ether oxygens (including phenoxy) is 1. The fourth-order valence-corrected chi connectivity index (χ4v) is 3.71. The average molecular weight is 265 g/mol. The van der Waals surface area contributed by atoms with Crippen LogP contribution in [0.15, 0.2) is 54.6 Å². The molecule has 2 aliphatic heterocycles. The highest BCUT2D eigenvalue weighted by atomic mass is 16.5. The summed E-state index contributed by atoms with van der Waals surface area (Å²) in [5.74, 6) is 2.27. The number of hydrogen-bond acceptors (Lipinski definition) is 2. The Kier molecular flexibility index (Phi) is 2.96. The van der Waals surface area contributed by atoms with Crippen molar-refractivity contribution in [3.63, 3.8) is 0 Å². The van der Waals surface area contributed by atoms with E-state index >= 15 is 0 Å². The Balaban J connectivity index is 1.79. The summed E-state index contributed by atoms with van der Waals surface area (Å²) in [6.07, 6.45) is 1.13. The Morgan fingerprint density at radius 2 is 1.75 bits per heavy atom. The SMILES string of the molecule is c1ccc(C2NCC3CCOc4ccccc4C32)cc1. The van der Waals surface area contributed by atoms with Gasteiger partial charge in [-0.15, -0.1) is 0 Å². The Morgan fingerprint density at radius 3 is 2.65 bits per heavy atom. The van der Waals surface area contributed by atoms with E-state index in [2.05, 4.69) is 59.9 Å². The summed E-state index contributed by atoms with van der Waals surface area (Å²) in [6, 6.07) is 19.8. The highest BCUT2D eigenvalue weighted by molar-refractivity contribution is 5.41. The quantitative estimate of drug-likeness (QED) is 0.852. The molecular weight excluding hydrogens is 246 g/mol. The molecule has 0 aliphatic carbocycles. The van der Waals surface area contributed by atoms with Crippen molar-refractivity contribution in [2.24, 2.45) is 5.92 Å². The lowest BCUT2D eigenvalue weighted by molar-refractivity contribution is 0.296. The lowest BCUT2D eigenvalue weighted by Gasteiger charge is -2.23. The van der Waals surface area contributed by atoms with Gasteiger partial charge in [-0.3, -0.25) is 0 Å². The van der Waals surface area contributed by atoms with Crippen LogP contribution in [-0.2, 0) is 0 Å². The number of hydrogen-bond donors (Lipinski definition) is 1. The van der Waals surface area contributed by atoms with E-state index in [1.54, 1.807) is 0 Å². The van der Waals surface area contributed by atoms with Crippen LogP contribution < -0.4 is 10.1 Å². The van der Waals surface area contributed by atoms with Crippen LogP contribution in [-0.4, -0.2) is 13.2 Å². The first-order valence-electron chi connectivity index (χ1n) is 7.43. The van der Waals surface area contributed by atoms with Crippen molar-refractivity contribution in [1.82, 2.24) is 5.32 Å². The third-order valence-electron chi connectivity index (χ3n) is 4.65. The van der Waals surface area contributed by atoms with Crippen LogP contribution in [0, 0.1) is 5.92 Å². The third-order valence-corrected chi connectivity index (χ3v) is 4.65. The molecule has 0 saturated carbocycles. The van der Waals surface area contributed by atoms with Gasteiger partial charge in [0.25, 0.3) is 0 Å². The molecule has 3 atom stereocenters. The zero-order valence-corrected chi connectivity index (χ0v) is 11.5. The Morgan fingerprint density at radius 1 is 0.950 bits per heavy atom. The smallest absolute Gasteiger partial charge is 0.122 e. The molecule has 1 N–H and O–H groups in total. The van der Waals surface area contributed by atoms with Crippen LogP contribution in [0.3, 0.4) is 0 Å². The molecule has 0 amide bonds. The van der Waals surface area contributed by atoms with Gasteiger partial charge in [-0.05, 0) is 36.1 Å². The molecule has 4 rings (SSSR count). The lowest BCUT2D eigenvalue weighted by atomic mass is 9.80. The Labute approximate surface area is 119 Å². The van der Waals surface area contributed by atoms with E-state index in [0.717, 1.165) is 25.3 Å². The summed E-state index contributed by atoms with van der Waals surface area (Å²) in [5.41, 5.74) is 2.76. The van der Waals surface area contributed by atoms with Gasteiger partial charge in [-0.2, -0.15) is 0 Å². The number of nitrogens with one attached hydrogen (secondary N) is 1. The highest BCUT2D eigenvalue weighted by Gasteiger charge is 2.40. The molecular formula is C18H19NO. The van der Waals surface area contributed by atoms with E-state index < -0.39 is 0 Å². The molecule has 20 heavy (non-hydrogen) atoms. The third kappa shape index (κ3) is 1.92. The first-order chi connectivity index (χ1) is 9.93. The Bertz CT molecular complexity index is 595. The number of benzene rings is 2.